The van der Waals surface area contributed by atoms with Gasteiger partial charge in [0, 0.05) is 30.4 Å². The van der Waals surface area contributed by atoms with Gasteiger partial charge in [-0.3, -0.25) is 0 Å². The summed E-state index contributed by atoms with van der Waals surface area (Å²) in [7, 11) is 0. The maximum atomic E-state index is 14.1. The van der Waals surface area contributed by atoms with Crippen molar-refractivity contribution in [2.24, 2.45) is 0 Å². The molecule has 0 aliphatic heterocycles. The van der Waals surface area contributed by atoms with Crippen molar-refractivity contribution in [1.82, 2.24) is 0 Å². The van der Waals surface area contributed by atoms with Crippen LogP contribution in [0.25, 0.3) is 0 Å². The van der Waals surface area contributed by atoms with Crippen LogP contribution in [0.4, 0.5) is 24.5 Å². The second-order valence-corrected chi connectivity index (χ2v) is 9.23. The molecule has 0 heterocycles. The van der Waals surface area contributed by atoms with Gasteiger partial charge in [-0.25, -0.2) is 0 Å². The summed E-state index contributed by atoms with van der Waals surface area (Å²) in [6.07, 6.45) is -0.0875. The molecular formula is C30H37F3N2. The Morgan fingerprint density at radius 3 is 1.63 bits per heavy atom. The average Bonchev–Trinajstić information content (AvgIpc) is 2.82. The first kappa shape index (κ1) is 26.7. The highest BCUT2D eigenvalue weighted by Crippen LogP contribution is 2.41. The van der Waals surface area contributed by atoms with E-state index >= 15 is 0 Å². The van der Waals surface area contributed by atoms with Crippen LogP contribution in [0.3, 0.4) is 0 Å². The SMILES string of the molecule is CCCCNc1ccc(C(c2ccc(NCCCC)c(C)c2)c2ccccc2C(F)(F)F)cc1C. The van der Waals surface area contributed by atoms with E-state index in [0.29, 0.717) is 0 Å². The van der Waals surface area contributed by atoms with Gasteiger partial charge in [0.2, 0.25) is 0 Å². The number of benzene rings is 3. The van der Waals surface area contributed by atoms with Crippen LogP contribution in [0, 0.1) is 13.8 Å². The molecule has 188 valence electrons. The summed E-state index contributed by atoms with van der Waals surface area (Å²) in [5.41, 5.74) is 5.50. The largest absolute Gasteiger partial charge is 0.416 e. The first-order valence-corrected chi connectivity index (χ1v) is 12.6. The lowest BCUT2D eigenvalue weighted by atomic mass is 9.81. The van der Waals surface area contributed by atoms with Gasteiger partial charge in [0.15, 0.2) is 0 Å². The van der Waals surface area contributed by atoms with Crippen molar-refractivity contribution in [3.63, 3.8) is 0 Å². The molecule has 0 amide bonds. The molecule has 0 saturated heterocycles. The molecule has 0 spiro atoms. The van der Waals surface area contributed by atoms with Crippen molar-refractivity contribution in [2.75, 3.05) is 23.7 Å². The molecule has 3 aromatic rings. The van der Waals surface area contributed by atoms with Gasteiger partial charge < -0.3 is 10.6 Å². The quantitative estimate of drug-likeness (QED) is 0.211. The Morgan fingerprint density at radius 1 is 0.714 bits per heavy atom. The second kappa shape index (κ2) is 12.1. The molecule has 0 aliphatic rings. The number of hydrogen-bond donors (Lipinski definition) is 2. The third-order valence-corrected chi connectivity index (χ3v) is 6.44. The van der Waals surface area contributed by atoms with Crippen LogP contribution in [-0.2, 0) is 6.18 Å². The molecule has 0 atom stereocenters. The summed E-state index contributed by atoms with van der Waals surface area (Å²) < 4.78 is 42.2. The van der Waals surface area contributed by atoms with Crippen molar-refractivity contribution < 1.29 is 13.2 Å². The highest BCUT2D eigenvalue weighted by atomic mass is 19.4. The third-order valence-electron chi connectivity index (χ3n) is 6.44. The summed E-state index contributed by atoms with van der Waals surface area (Å²) in [5, 5.41) is 6.90. The summed E-state index contributed by atoms with van der Waals surface area (Å²) >= 11 is 0. The van der Waals surface area contributed by atoms with Crippen LogP contribution in [0.15, 0.2) is 60.7 Å². The predicted octanol–water partition coefficient (Wildman–Crippen LogP) is 8.93. The Kier molecular flexibility index (Phi) is 9.25. The zero-order valence-corrected chi connectivity index (χ0v) is 21.2. The van der Waals surface area contributed by atoms with Crippen LogP contribution in [0.1, 0.15) is 78.8 Å². The maximum absolute atomic E-state index is 14.1. The molecular weight excluding hydrogens is 445 g/mol. The van der Waals surface area contributed by atoms with E-state index in [1.165, 1.54) is 12.1 Å². The van der Waals surface area contributed by atoms with E-state index in [0.717, 1.165) is 72.4 Å². The molecule has 2 nitrogen and oxygen atoms in total. The number of nitrogens with one attached hydrogen (secondary N) is 2. The number of aryl methyl sites for hydroxylation is 2. The lowest BCUT2D eigenvalue weighted by Gasteiger charge is -2.25. The van der Waals surface area contributed by atoms with E-state index < -0.39 is 17.7 Å². The predicted molar refractivity (Wildman–Crippen MR) is 142 cm³/mol. The first-order chi connectivity index (χ1) is 16.8. The van der Waals surface area contributed by atoms with Gasteiger partial charge >= 0.3 is 6.18 Å². The average molecular weight is 483 g/mol. The van der Waals surface area contributed by atoms with Gasteiger partial charge in [0.1, 0.15) is 0 Å². The number of alkyl halides is 3. The molecule has 0 radical (unpaired) electrons. The third kappa shape index (κ3) is 6.81. The Morgan fingerprint density at radius 2 is 1.20 bits per heavy atom. The molecule has 0 fully saturated rings. The molecule has 5 heteroatoms. The molecule has 2 N–H and O–H groups in total. The van der Waals surface area contributed by atoms with Crippen molar-refractivity contribution >= 4 is 11.4 Å². The standard InChI is InChI=1S/C30H37F3N2/c1-5-7-17-34-27-15-13-23(19-21(27)3)29(25-11-9-10-12-26(25)30(31,32)33)24-14-16-28(22(4)20-24)35-18-8-6-2/h9-16,19-20,29,34-35H,5-8,17-18H2,1-4H3. The number of rotatable bonds is 11. The zero-order valence-electron chi connectivity index (χ0n) is 21.2. The molecule has 0 aromatic heterocycles. The molecule has 0 aliphatic carbocycles. The van der Waals surface area contributed by atoms with E-state index in [4.69, 9.17) is 0 Å². The number of halogens is 3. The van der Waals surface area contributed by atoms with Gasteiger partial charge in [-0.1, -0.05) is 69.2 Å². The minimum absolute atomic E-state index is 0.275. The van der Waals surface area contributed by atoms with Crippen molar-refractivity contribution in [2.45, 2.75) is 65.5 Å². The molecule has 0 saturated carbocycles. The highest BCUT2D eigenvalue weighted by molar-refractivity contribution is 5.59. The van der Waals surface area contributed by atoms with Gasteiger partial charge in [-0.15, -0.1) is 0 Å². The summed E-state index contributed by atoms with van der Waals surface area (Å²) in [5.74, 6) is -0.528. The van der Waals surface area contributed by atoms with E-state index in [9.17, 15) is 13.2 Å². The molecule has 3 rings (SSSR count). The van der Waals surface area contributed by atoms with Crippen LogP contribution < -0.4 is 10.6 Å². The molecule has 0 bridgehead atoms. The molecule has 35 heavy (non-hydrogen) atoms. The Hall–Kier alpha value is -2.95. The normalized spacial score (nSPS) is 11.7. The van der Waals surface area contributed by atoms with Gasteiger partial charge in [0.25, 0.3) is 0 Å². The van der Waals surface area contributed by atoms with E-state index in [2.05, 4.69) is 24.5 Å². The Balaban J connectivity index is 2.08. The maximum Gasteiger partial charge on any atom is 0.416 e. The van der Waals surface area contributed by atoms with Gasteiger partial charge in [-0.2, -0.15) is 13.2 Å². The lowest BCUT2D eigenvalue weighted by molar-refractivity contribution is -0.138. The van der Waals surface area contributed by atoms with Gasteiger partial charge in [-0.05, 0) is 72.7 Å². The van der Waals surface area contributed by atoms with Crippen molar-refractivity contribution in [1.29, 1.82) is 0 Å². The van der Waals surface area contributed by atoms with Crippen LogP contribution in [-0.4, -0.2) is 13.1 Å². The monoisotopic (exact) mass is 482 g/mol. The lowest BCUT2D eigenvalue weighted by Crippen LogP contribution is -2.14. The van der Waals surface area contributed by atoms with Crippen LogP contribution in [0.5, 0.6) is 0 Å². The van der Waals surface area contributed by atoms with E-state index in [1.54, 1.807) is 12.1 Å². The van der Waals surface area contributed by atoms with E-state index in [1.807, 2.05) is 50.2 Å². The second-order valence-electron chi connectivity index (χ2n) is 9.23. The highest BCUT2D eigenvalue weighted by Gasteiger charge is 2.35. The fourth-order valence-electron chi connectivity index (χ4n) is 4.49. The smallest absolute Gasteiger partial charge is 0.385 e. The Labute approximate surface area is 208 Å². The first-order valence-electron chi connectivity index (χ1n) is 12.6. The summed E-state index contributed by atoms with van der Waals surface area (Å²) in [6, 6.07) is 17.9. The fourth-order valence-corrected chi connectivity index (χ4v) is 4.49. The minimum Gasteiger partial charge on any atom is -0.385 e. The number of unbranched alkanes of at least 4 members (excludes halogenated alkanes) is 2. The summed E-state index contributed by atoms with van der Waals surface area (Å²) in [4.78, 5) is 0. The van der Waals surface area contributed by atoms with Crippen LogP contribution in [0.2, 0.25) is 0 Å². The minimum atomic E-state index is -4.43. The molecule has 3 aromatic carbocycles. The Bertz CT molecular complexity index is 1050. The summed E-state index contributed by atoms with van der Waals surface area (Å²) in [6.45, 7) is 10.1. The van der Waals surface area contributed by atoms with Crippen molar-refractivity contribution in [3.05, 3.63) is 94.0 Å². The van der Waals surface area contributed by atoms with Crippen LogP contribution >= 0.6 is 0 Å². The van der Waals surface area contributed by atoms with Gasteiger partial charge in [0.05, 0.1) is 5.56 Å². The number of hydrogen-bond acceptors (Lipinski definition) is 2. The van der Waals surface area contributed by atoms with Crippen molar-refractivity contribution in [3.8, 4) is 0 Å². The molecule has 0 unspecified atom stereocenters. The zero-order chi connectivity index (χ0) is 25.4. The fraction of sp³-hybridized carbons (Fsp3) is 0.400. The number of anilines is 2. The van der Waals surface area contributed by atoms with E-state index in [-0.39, 0.29) is 5.56 Å². The topological polar surface area (TPSA) is 24.1 Å².